The molecule has 0 aliphatic carbocycles. The number of allylic oxidation sites excluding steroid dienone is 1. The first kappa shape index (κ1) is 27.6. The van der Waals surface area contributed by atoms with E-state index in [1.807, 2.05) is 6.92 Å². The number of oxime groups is 1. The molecule has 0 radical (unpaired) electrons. The highest BCUT2D eigenvalue weighted by Crippen LogP contribution is 2.41. The van der Waals surface area contributed by atoms with E-state index in [1.165, 1.54) is 28.4 Å². The normalized spacial score (nSPS) is 19.1. The number of unbranched alkanes of at least 4 members (excludes halogenated alkanes) is 1. The van der Waals surface area contributed by atoms with Crippen LogP contribution in [0.4, 0.5) is 5.13 Å². The zero-order valence-corrected chi connectivity index (χ0v) is 22.7. The number of hydrogen-bond acceptors (Lipinski definition) is 13. The molecule has 1 fully saturated rings. The van der Waals surface area contributed by atoms with Crippen LogP contribution in [0.2, 0.25) is 0 Å². The number of aliphatic carboxylic acids is 1. The number of carbonyl (C=O) groups excluding carboxylic acids is 2. The number of nitrogens with zero attached hydrogens (tertiary/aromatic N) is 7. The molecule has 2 aliphatic rings. The van der Waals surface area contributed by atoms with E-state index in [0.717, 1.165) is 24.2 Å². The smallest absolute Gasteiger partial charge is 0.352 e. The van der Waals surface area contributed by atoms with E-state index in [2.05, 4.69) is 37.6 Å². The van der Waals surface area contributed by atoms with E-state index in [4.69, 9.17) is 10.6 Å². The number of β-lactam (4-membered cyclic amide) rings is 1. The molecule has 0 saturated carbocycles. The number of nitrogens with one attached hydrogen (secondary N) is 1. The Labute approximate surface area is 229 Å². The lowest BCUT2D eigenvalue weighted by Crippen LogP contribution is -2.71. The number of carboxylic acids is 1. The summed E-state index contributed by atoms with van der Waals surface area (Å²) in [7, 11) is 0. The number of carbonyl (C=O) groups is 3. The Hall–Kier alpha value is -3.44. The van der Waals surface area contributed by atoms with E-state index < -0.39 is 29.2 Å². The number of nitrogens with two attached hydrogens (primary N) is 1. The fourth-order valence-electron chi connectivity index (χ4n) is 3.61. The number of thiazole rings is 1. The minimum absolute atomic E-state index is 0.0939. The molecule has 202 valence electrons. The van der Waals surface area contributed by atoms with Gasteiger partial charge >= 0.3 is 5.97 Å². The van der Waals surface area contributed by atoms with Crippen molar-refractivity contribution in [3.8, 4) is 0 Å². The van der Waals surface area contributed by atoms with Crippen molar-refractivity contribution in [1.82, 2.24) is 35.4 Å². The van der Waals surface area contributed by atoms with Gasteiger partial charge in [0.2, 0.25) is 5.16 Å². The molecule has 4 heterocycles. The quantitative estimate of drug-likeness (QED) is 0.0761. The Morgan fingerprint density at radius 1 is 1.47 bits per heavy atom. The first-order valence-electron chi connectivity index (χ1n) is 11.5. The first-order valence-corrected chi connectivity index (χ1v) is 14.4. The number of tetrazole rings is 1. The number of nitrogen functional groups attached to an aromatic ring is 1. The molecule has 2 aliphatic heterocycles. The molecule has 14 nitrogen and oxygen atoms in total. The Balaban J connectivity index is 1.47. The molecular formula is C21H25N9O5S3. The molecule has 38 heavy (non-hydrogen) atoms. The number of amides is 2. The molecule has 0 aromatic carbocycles. The molecule has 0 bridgehead atoms. The fourth-order valence-corrected chi connectivity index (χ4v) is 6.53. The van der Waals surface area contributed by atoms with E-state index in [9.17, 15) is 19.5 Å². The van der Waals surface area contributed by atoms with Crippen molar-refractivity contribution in [2.75, 3.05) is 23.8 Å². The van der Waals surface area contributed by atoms with Crippen LogP contribution in [0.3, 0.4) is 0 Å². The SMILES string of the molecule is C=CCn1nnnc1SCC1=C(C(=O)O)N2C(=O)C(NC(=O)C(=NOCCCC)c3csc(N)n3)[C@@H]2SC1. The van der Waals surface area contributed by atoms with Crippen molar-refractivity contribution < 1.29 is 24.3 Å². The van der Waals surface area contributed by atoms with Gasteiger partial charge in [-0.1, -0.05) is 36.3 Å². The second-order valence-corrected chi connectivity index (χ2v) is 11.0. The van der Waals surface area contributed by atoms with Crippen LogP contribution in [0.25, 0.3) is 0 Å². The predicted octanol–water partition coefficient (Wildman–Crippen LogP) is 0.950. The van der Waals surface area contributed by atoms with Gasteiger partial charge in [-0.2, -0.15) is 0 Å². The zero-order chi connectivity index (χ0) is 27.2. The van der Waals surface area contributed by atoms with Crippen molar-refractivity contribution in [3.05, 3.63) is 35.0 Å². The van der Waals surface area contributed by atoms with Gasteiger partial charge < -0.3 is 21.0 Å². The van der Waals surface area contributed by atoms with Crippen molar-refractivity contribution in [2.45, 2.75) is 42.9 Å². The number of hydrogen-bond donors (Lipinski definition) is 3. The average Bonchev–Trinajstić information content (AvgIpc) is 3.53. The van der Waals surface area contributed by atoms with Crippen LogP contribution in [0.15, 0.2) is 39.6 Å². The highest BCUT2D eigenvalue weighted by atomic mass is 32.2. The molecule has 0 spiro atoms. The molecule has 4 N–H and O–H groups in total. The third-order valence-corrected chi connectivity index (χ3v) is 8.49. The van der Waals surface area contributed by atoms with Gasteiger partial charge in [0.1, 0.15) is 29.4 Å². The van der Waals surface area contributed by atoms with Crippen molar-refractivity contribution >= 4 is 63.5 Å². The van der Waals surface area contributed by atoms with Crippen LogP contribution in [0.1, 0.15) is 25.5 Å². The number of carboxylic acid groups (broad SMARTS) is 1. The summed E-state index contributed by atoms with van der Waals surface area (Å²) in [6.07, 6.45) is 3.28. The fraction of sp³-hybridized carbons (Fsp3) is 0.429. The van der Waals surface area contributed by atoms with Gasteiger partial charge in [-0.15, -0.1) is 34.8 Å². The number of rotatable bonds is 13. The number of thioether (sulfide) groups is 2. The Bertz CT molecular complexity index is 1290. The van der Waals surface area contributed by atoms with Gasteiger partial charge in [0, 0.05) is 16.9 Å². The summed E-state index contributed by atoms with van der Waals surface area (Å²) in [5.74, 6) is -1.80. The lowest BCUT2D eigenvalue weighted by atomic mass is 10.0. The molecule has 2 aromatic rings. The maximum absolute atomic E-state index is 13.1. The Morgan fingerprint density at radius 2 is 2.29 bits per heavy atom. The first-order chi connectivity index (χ1) is 18.3. The van der Waals surface area contributed by atoms with Crippen LogP contribution in [0, 0.1) is 0 Å². The Kier molecular flexibility index (Phi) is 9.01. The third-order valence-electron chi connectivity index (χ3n) is 5.44. The van der Waals surface area contributed by atoms with E-state index >= 15 is 0 Å². The molecule has 17 heteroatoms. The zero-order valence-electron chi connectivity index (χ0n) is 20.3. The Morgan fingerprint density at radius 3 is 2.97 bits per heavy atom. The standard InChI is InChI=1S/C21H25N9O5S3/c1-3-5-7-35-26-13(12-10-37-20(22)23-12)16(31)24-14-17(32)30-15(19(33)34)11(8-36-18(14)30)9-38-21-25-27-28-29(21)6-4-2/h4,10,14,18H,2-3,5-9H2,1H3,(H2,22,23)(H,24,31)(H,33,34)/t14?,18-/m0/s1. The van der Waals surface area contributed by atoms with Crippen molar-refractivity contribution in [1.29, 1.82) is 0 Å². The topological polar surface area (TPSA) is 191 Å². The van der Waals surface area contributed by atoms with E-state index in [-0.39, 0.29) is 28.0 Å². The molecule has 2 aromatic heterocycles. The van der Waals surface area contributed by atoms with Crippen LogP contribution >= 0.6 is 34.9 Å². The van der Waals surface area contributed by atoms with Crippen molar-refractivity contribution in [3.63, 3.8) is 0 Å². The van der Waals surface area contributed by atoms with Crippen LogP contribution < -0.4 is 11.1 Å². The van der Waals surface area contributed by atoms with Gasteiger partial charge in [0.25, 0.3) is 11.8 Å². The average molecular weight is 580 g/mol. The third kappa shape index (κ3) is 5.83. The van der Waals surface area contributed by atoms with Crippen LogP contribution in [0.5, 0.6) is 0 Å². The van der Waals surface area contributed by atoms with Gasteiger partial charge in [-0.05, 0) is 22.4 Å². The summed E-state index contributed by atoms with van der Waals surface area (Å²) in [6.45, 7) is 6.38. The predicted molar refractivity (Wildman–Crippen MR) is 142 cm³/mol. The summed E-state index contributed by atoms with van der Waals surface area (Å²) in [4.78, 5) is 48.9. The molecule has 4 rings (SSSR count). The van der Waals surface area contributed by atoms with Gasteiger partial charge in [0.05, 0.1) is 6.54 Å². The largest absolute Gasteiger partial charge is 0.477 e. The molecule has 1 unspecified atom stereocenters. The van der Waals surface area contributed by atoms with E-state index in [0.29, 0.717) is 29.6 Å². The number of fused-ring (bicyclic) bond motifs is 1. The number of anilines is 1. The number of aromatic nitrogens is 5. The summed E-state index contributed by atoms with van der Waals surface area (Å²) in [6, 6.07) is -0.937. The molecule has 2 amide bonds. The van der Waals surface area contributed by atoms with Gasteiger partial charge in [0.15, 0.2) is 10.8 Å². The molecule has 1 saturated heterocycles. The lowest BCUT2D eigenvalue weighted by Gasteiger charge is -2.49. The lowest BCUT2D eigenvalue weighted by molar-refractivity contribution is -0.150. The summed E-state index contributed by atoms with van der Waals surface area (Å²) >= 11 is 3.77. The summed E-state index contributed by atoms with van der Waals surface area (Å²) in [5.41, 5.74) is 6.29. The maximum atomic E-state index is 13.1. The highest BCUT2D eigenvalue weighted by Gasteiger charge is 2.54. The van der Waals surface area contributed by atoms with Gasteiger partial charge in [-0.25, -0.2) is 14.5 Å². The highest BCUT2D eigenvalue weighted by molar-refractivity contribution is 8.01. The van der Waals surface area contributed by atoms with Crippen LogP contribution in [-0.4, -0.2) is 88.2 Å². The summed E-state index contributed by atoms with van der Waals surface area (Å²) in [5, 5.41) is 29.7. The van der Waals surface area contributed by atoms with Crippen LogP contribution in [-0.2, 0) is 25.8 Å². The van der Waals surface area contributed by atoms with Gasteiger partial charge in [-0.3, -0.25) is 14.5 Å². The second-order valence-electron chi connectivity index (χ2n) is 8.04. The second kappa shape index (κ2) is 12.4. The molecular weight excluding hydrogens is 554 g/mol. The minimum atomic E-state index is -1.22. The van der Waals surface area contributed by atoms with Crippen molar-refractivity contribution in [2.24, 2.45) is 5.16 Å². The molecule has 2 atom stereocenters. The maximum Gasteiger partial charge on any atom is 0.352 e. The minimum Gasteiger partial charge on any atom is -0.477 e. The summed E-state index contributed by atoms with van der Waals surface area (Å²) < 4.78 is 1.54. The monoisotopic (exact) mass is 579 g/mol. The van der Waals surface area contributed by atoms with E-state index in [1.54, 1.807) is 16.1 Å².